The number of hydrogen-bond donors (Lipinski definition) is 0. The molecule has 0 N–H and O–H groups in total. The fraction of sp³-hybridized carbons (Fsp3) is 0.217. The molecular formula is C23H17BrO6S. The van der Waals surface area contributed by atoms with Crippen molar-refractivity contribution in [2.24, 2.45) is 0 Å². The molecule has 0 spiro atoms. The Bertz CT molecular complexity index is 1160. The van der Waals surface area contributed by atoms with Gasteiger partial charge in [0.2, 0.25) is 11.2 Å². The number of allylic oxidation sites excluding steroid dienone is 1. The molecule has 0 saturated carbocycles. The molecule has 0 aromatic heterocycles. The first-order valence-corrected chi connectivity index (χ1v) is 11.2. The topological polar surface area (TPSA) is 86.7 Å². The smallest absolute Gasteiger partial charge is 0.332 e. The summed E-state index contributed by atoms with van der Waals surface area (Å²) in [7, 11) is 0. The molecule has 2 aromatic carbocycles. The number of ketones is 2. The Morgan fingerprint density at radius 2 is 1.52 bits per heavy atom. The van der Waals surface area contributed by atoms with E-state index in [0.717, 1.165) is 11.8 Å². The number of benzene rings is 2. The van der Waals surface area contributed by atoms with Crippen molar-refractivity contribution in [3.63, 3.8) is 0 Å². The fourth-order valence-electron chi connectivity index (χ4n) is 3.91. The largest absolute Gasteiger partial charge is 0.465 e. The molecule has 6 nitrogen and oxygen atoms in total. The van der Waals surface area contributed by atoms with E-state index >= 15 is 0 Å². The van der Waals surface area contributed by atoms with Crippen LogP contribution in [0.1, 0.15) is 40.1 Å². The van der Waals surface area contributed by atoms with Crippen LogP contribution in [-0.2, 0) is 24.5 Å². The van der Waals surface area contributed by atoms with E-state index < -0.39 is 28.9 Å². The van der Waals surface area contributed by atoms with Crippen molar-refractivity contribution in [2.75, 3.05) is 13.2 Å². The summed E-state index contributed by atoms with van der Waals surface area (Å²) < 4.78 is 11.3. The third-order valence-corrected chi connectivity index (χ3v) is 6.82. The zero-order valence-electron chi connectivity index (χ0n) is 16.7. The van der Waals surface area contributed by atoms with E-state index in [0.29, 0.717) is 9.37 Å². The van der Waals surface area contributed by atoms with Gasteiger partial charge in [0.1, 0.15) is 0 Å². The van der Waals surface area contributed by atoms with Gasteiger partial charge in [-0.1, -0.05) is 58.0 Å². The van der Waals surface area contributed by atoms with Crippen LogP contribution >= 0.6 is 27.7 Å². The van der Waals surface area contributed by atoms with E-state index in [9.17, 15) is 19.2 Å². The molecule has 0 radical (unpaired) electrons. The number of ether oxygens (including phenoxy) is 2. The first kappa shape index (κ1) is 21.5. The molecule has 31 heavy (non-hydrogen) atoms. The molecule has 0 unspecified atom stereocenters. The van der Waals surface area contributed by atoms with E-state index in [1.807, 2.05) is 0 Å². The SMILES string of the molecule is CCOC(=O)C1(C(=O)OCC)C2=C(Sc3cc(Br)ccc31)C(=O)c1ccccc1C2=O. The summed E-state index contributed by atoms with van der Waals surface area (Å²) in [5, 5.41) is 0. The molecule has 1 aliphatic heterocycles. The maximum atomic E-state index is 13.7. The average Bonchev–Trinajstić information content (AvgIpc) is 2.76. The Balaban J connectivity index is 2.11. The van der Waals surface area contributed by atoms with Crippen LogP contribution in [0.4, 0.5) is 0 Å². The lowest BCUT2D eigenvalue weighted by molar-refractivity contribution is -0.162. The van der Waals surface area contributed by atoms with Crippen molar-refractivity contribution in [2.45, 2.75) is 24.2 Å². The second-order valence-electron chi connectivity index (χ2n) is 6.84. The lowest BCUT2D eigenvalue weighted by Crippen LogP contribution is -2.52. The van der Waals surface area contributed by atoms with Crippen LogP contribution in [0.15, 0.2) is 62.3 Å². The van der Waals surface area contributed by atoms with Crippen LogP contribution in [0.2, 0.25) is 0 Å². The van der Waals surface area contributed by atoms with Gasteiger partial charge < -0.3 is 9.47 Å². The second kappa shape index (κ2) is 8.09. The summed E-state index contributed by atoms with van der Waals surface area (Å²) in [6.45, 7) is 3.19. The minimum absolute atomic E-state index is 0.0136. The van der Waals surface area contributed by atoms with Gasteiger partial charge in [0, 0.05) is 20.5 Å². The summed E-state index contributed by atoms with van der Waals surface area (Å²) in [6, 6.07) is 11.3. The van der Waals surface area contributed by atoms with Gasteiger partial charge in [0.15, 0.2) is 5.78 Å². The number of hydrogen-bond acceptors (Lipinski definition) is 7. The maximum Gasteiger partial charge on any atom is 0.332 e. The molecular weight excluding hydrogens is 484 g/mol. The summed E-state index contributed by atoms with van der Waals surface area (Å²) in [6.07, 6.45) is 0. The number of fused-ring (bicyclic) bond motifs is 2. The van der Waals surface area contributed by atoms with Crippen molar-refractivity contribution in [3.05, 3.63) is 74.1 Å². The quantitative estimate of drug-likeness (QED) is 0.457. The number of carbonyl (C=O) groups excluding carboxylic acids is 4. The normalized spacial score (nSPS) is 16.2. The molecule has 2 aromatic rings. The van der Waals surface area contributed by atoms with Gasteiger partial charge in [0.25, 0.3) is 0 Å². The van der Waals surface area contributed by atoms with Gasteiger partial charge in [-0.2, -0.15) is 0 Å². The summed E-state index contributed by atoms with van der Waals surface area (Å²) in [4.78, 5) is 54.5. The summed E-state index contributed by atoms with van der Waals surface area (Å²) in [5.41, 5.74) is -1.75. The molecule has 1 heterocycles. The average molecular weight is 501 g/mol. The Kier molecular flexibility index (Phi) is 5.61. The first-order chi connectivity index (χ1) is 14.9. The minimum Gasteiger partial charge on any atom is -0.465 e. The first-order valence-electron chi connectivity index (χ1n) is 9.63. The standard InChI is InChI=1S/C23H17BrO6S/c1-3-29-21(27)23(22(28)30-4-2)15-10-9-12(24)11-16(15)31-20-17(23)18(25)13-7-5-6-8-14(13)19(20)26/h5-11H,3-4H2,1-2H3. The highest BCUT2D eigenvalue weighted by molar-refractivity contribution is 9.10. The van der Waals surface area contributed by atoms with Gasteiger partial charge in [-0.25, -0.2) is 0 Å². The Morgan fingerprint density at radius 3 is 2.10 bits per heavy atom. The third kappa shape index (κ3) is 3.08. The fourth-order valence-corrected chi connectivity index (χ4v) is 5.71. The van der Waals surface area contributed by atoms with E-state index in [1.54, 1.807) is 50.2 Å². The zero-order chi connectivity index (χ0) is 22.3. The van der Waals surface area contributed by atoms with Crippen LogP contribution in [0.5, 0.6) is 0 Å². The highest BCUT2D eigenvalue weighted by Gasteiger charge is 2.61. The Morgan fingerprint density at radius 1 is 0.935 bits per heavy atom. The van der Waals surface area contributed by atoms with Crippen LogP contribution in [0.3, 0.4) is 0 Å². The van der Waals surface area contributed by atoms with Gasteiger partial charge >= 0.3 is 11.9 Å². The maximum absolute atomic E-state index is 13.7. The number of Topliss-reactive ketones (excluding diaryl/α,β-unsaturated/α-hetero) is 2. The monoisotopic (exact) mass is 500 g/mol. The highest BCUT2D eigenvalue weighted by atomic mass is 79.9. The molecule has 4 rings (SSSR count). The summed E-state index contributed by atoms with van der Waals surface area (Å²) in [5.74, 6) is -2.86. The van der Waals surface area contributed by atoms with Crippen molar-refractivity contribution < 1.29 is 28.7 Å². The highest BCUT2D eigenvalue weighted by Crippen LogP contribution is 2.53. The Hall–Kier alpha value is -2.71. The van der Waals surface area contributed by atoms with Crippen LogP contribution in [0.25, 0.3) is 0 Å². The third-order valence-electron chi connectivity index (χ3n) is 5.17. The van der Waals surface area contributed by atoms with Crippen LogP contribution < -0.4 is 0 Å². The number of thioether (sulfide) groups is 1. The molecule has 158 valence electrons. The second-order valence-corrected chi connectivity index (χ2v) is 8.81. The van der Waals surface area contributed by atoms with E-state index in [1.165, 1.54) is 6.07 Å². The predicted molar refractivity (Wildman–Crippen MR) is 117 cm³/mol. The lowest BCUT2D eigenvalue weighted by atomic mass is 9.68. The van der Waals surface area contributed by atoms with Gasteiger partial charge in [0.05, 0.1) is 23.7 Å². The Labute approximate surface area is 191 Å². The molecule has 0 saturated heterocycles. The molecule has 0 fully saturated rings. The van der Waals surface area contributed by atoms with Gasteiger partial charge in [-0.3, -0.25) is 19.2 Å². The van der Waals surface area contributed by atoms with E-state index in [2.05, 4.69) is 15.9 Å². The molecule has 2 aliphatic rings. The van der Waals surface area contributed by atoms with Crippen LogP contribution in [-0.4, -0.2) is 36.7 Å². The molecule has 0 bridgehead atoms. The van der Waals surface area contributed by atoms with Gasteiger partial charge in [-0.05, 0) is 31.5 Å². The zero-order valence-corrected chi connectivity index (χ0v) is 19.1. The lowest BCUT2D eigenvalue weighted by Gasteiger charge is -2.38. The molecule has 0 amide bonds. The molecule has 1 aliphatic carbocycles. The van der Waals surface area contributed by atoms with Crippen molar-refractivity contribution >= 4 is 51.2 Å². The summed E-state index contributed by atoms with van der Waals surface area (Å²) >= 11 is 4.46. The minimum atomic E-state index is -2.19. The molecule has 8 heteroatoms. The van der Waals surface area contributed by atoms with Gasteiger partial charge in [-0.15, -0.1) is 0 Å². The van der Waals surface area contributed by atoms with E-state index in [-0.39, 0.29) is 40.4 Å². The predicted octanol–water partition coefficient (Wildman–Crippen LogP) is 4.25. The number of esters is 2. The van der Waals surface area contributed by atoms with Crippen molar-refractivity contribution in [1.82, 2.24) is 0 Å². The van der Waals surface area contributed by atoms with Crippen molar-refractivity contribution in [1.29, 1.82) is 0 Å². The van der Waals surface area contributed by atoms with Crippen LogP contribution in [0, 0.1) is 0 Å². The molecule has 0 atom stereocenters. The number of halogens is 1. The van der Waals surface area contributed by atoms with Crippen molar-refractivity contribution in [3.8, 4) is 0 Å². The van der Waals surface area contributed by atoms with E-state index in [4.69, 9.17) is 9.47 Å². The number of rotatable bonds is 4. The number of carbonyl (C=O) groups is 4.